The summed E-state index contributed by atoms with van der Waals surface area (Å²) >= 11 is 0. The summed E-state index contributed by atoms with van der Waals surface area (Å²) in [7, 11) is 3.01. The van der Waals surface area contributed by atoms with Crippen LogP contribution < -0.4 is 14.8 Å². The molecule has 2 aromatic rings. The fourth-order valence-corrected chi connectivity index (χ4v) is 3.06. The van der Waals surface area contributed by atoms with E-state index < -0.39 is 17.9 Å². The number of carbonyl (C=O) groups excluding carboxylic acids is 1. The summed E-state index contributed by atoms with van der Waals surface area (Å²) < 4.78 is 12.3. The van der Waals surface area contributed by atoms with Gasteiger partial charge in [0.25, 0.3) is 5.91 Å². The average Bonchev–Trinajstić information content (AvgIpc) is 3.02. The van der Waals surface area contributed by atoms with Crippen molar-refractivity contribution in [1.29, 1.82) is 0 Å². The van der Waals surface area contributed by atoms with Crippen molar-refractivity contribution < 1.29 is 24.2 Å². The van der Waals surface area contributed by atoms with Crippen LogP contribution in [0.5, 0.6) is 11.5 Å². The third-order valence-electron chi connectivity index (χ3n) is 4.39. The molecule has 0 radical (unpaired) electrons. The maximum Gasteiger partial charge on any atom is 0.305 e. The number of nitrogens with zero attached hydrogens (tertiary/aromatic N) is 2. The molecule has 8 nitrogen and oxygen atoms in total. The van der Waals surface area contributed by atoms with Gasteiger partial charge in [0.2, 0.25) is 0 Å². The van der Waals surface area contributed by atoms with Crippen molar-refractivity contribution in [3.63, 3.8) is 0 Å². The molecule has 1 heterocycles. The first kappa shape index (κ1) is 21.3. The zero-order valence-electron chi connectivity index (χ0n) is 17.1. The Hall–Kier alpha value is -3.03. The molecule has 0 saturated carbocycles. The highest BCUT2D eigenvalue weighted by Gasteiger charge is 2.26. The molecular formula is C20H27N3O5. The molecule has 0 fully saturated rings. The largest absolute Gasteiger partial charge is 0.497 e. The van der Waals surface area contributed by atoms with E-state index in [-0.39, 0.29) is 12.0 Å². The van der Waals surface area contributed by atoms with Crippen LogP contribution >= 0.6 is 0 Å². The van der Waals surface area contributed by atoms with E-state index in [2.05, 4.69) is 10.4 Å². The lowest BCUT2D eigenvalue weighted by molar-refractivity contribution is -0.137. The van der Waals surface area contributed by atoms with Crippen molar-refractivity contribution in [3.8, 4) is 11.5 Å². The van der Waals surface area contributed by atoms with Gasteiger partial charge in [0.05, 0.1) is 44.0 Å². The minimum Gasteiger partial charge on any atom is -0.497 e. The molecule has 0 bridgehead atoms. The van der Waals surface area contributed by atoms with Crippen molar-refractivity contribution in [2.45, 2.75) is 45.7 Å². The van der Waals surface area contributed by atoms with Gasteiger partial charge in [0, 0.05) is 17.3 Å². The molecule has 0 aliphatic heterocycles. The number of aromatic nitrogens is 2. The van der Waals surface area contributed by atoms with Gasteiger partial charge in [-0.2, -0.15) is 5.10 Å². The van der Waals surface area contributed by atoms with Crippen LogP contribution in [0.1, 0.15) is 54.8 Å². The van der Waals surface area contributed by atoms with E-state index in [1.165, 1.54) is 20.4 Å². The van der Waals surface area contributed by atoms with E-state index in [4.69, 9.17) is 9.47 Å². The van der Waals surface area contributed by atoms with Crippen molar-refractivity contribution in [2.75, 3.05) is 14.2 Å². The molecule has 2 rings (SSSR count). The highest BCUT2D eigenvalue weighted by atomic mass is 16.5. The van der Waals surface area contributed by atoms with Gasteiger partial charge in [-0.1, -0.05) is 0 Å². The number of hydrogen-bond donors (Lipinski definition) is 2. The van der Waals surface area contributed by atoms with Crippen molar-refractivity contribution >= 4 is 11.9 Å². The molecule has 2 N–H and O–H groups in total. The van der Waals surface area contributed by atoms with Crippen LogP contribution in [0, 0.1) is 6.92 Å². The molecule has 152 valence electrons. The second-order valence-electron chi connectivity index (χ2n) is 7.46. The Labute approximate surface area is 164 Å². The molecule has 0 saturated heterocycles. The topological polar surface area (TPSA) is 103 Å². The fourth-order valence-electron chi connectivity index (χ4n) is 3.06. The van der Waals surface area contributed by atoms with E-state index in [0.29, 0.717) is 28.3 Å². The number of ether oxygens (including phenoxy) is 2. The molecular weight excluding hydrogens is 362 g/mol. The summed E-state index contributed by atoms with van der Waals surface area (Å²) in [6.07, 6.45) is 1.21. The number of carboxylic acids is 1. The lowest BCUT2D eigenvalue weighted by atomic mass is 10.0. The molecule has 1 aromatic carbocycles. The number of nitrogens with one attached hydrogen (secondary N) is 1. The van der Waals surface area contributed by atoms with Gasteiger partial charge < -0.3 is 19.9 Å². The molecule has 1 atom stereocenters. The summed E-state index contributed by atoms with van der Waals surface area (Å²) in [5.41, 5.74) is 1.39. The predicted octanol–water partition coefficient (Wildman–Crippen LogP) is 2.91. The van der Waals surface area contributed by atoms with E-state index in [0.717, 1.165) is 0 Å². The van der Waals surface area contributed by atoms with Crippen LogP contribution in [0.3, 0.4) is 0 Å². The Morgan fingerprint density at radius 1 is 1.25 bits per heavy atom. The molecule has 1 amide bonds. The van der Waals surface area contributed by atoms with E-state index in [1.54, 1.807) is 22.9 Å². The number of benzene rings is 1. The molecule has 0 spiro atoms. The number of carboxylic acid groups (broad SMARTS) is 1. The maximum absolute atomic E-state index is 12.9. The van der Waals surface area contributed by atoms with Crippen LogP contribution in [-0.2, 0) is 10.3 Å². The summed E-state index contributed by atoms with van der Waals surface area (Å²) in [5.74, 6) is -0.418. The van der Waals surface area contributed by atoms with Crippen LogP contribution in [0.2, 0.25) is 0 Å². The molecule has 0 aliphatic carbocycles. The Kier molecular flexibility index (Phi) is 6.33. The van der Waals surface area contributed by atoms with Gasteiger partial charge in [-0.05, 0) is 39.8 Å². The van der Waals surface area contributed by atoms with Crippen LogP contribution in [0.4, 0.5) is 0 Å². The zero-order valence-corrected chi connectivity index (χ0v) is 17.1. The number of hydrogen-bond acceptors (Lipinski definition) is 5. The number of amides is 1. The Bertz CT molecular complexity index is 867. The highest BCUT2D eigenvalue weighted by Crippen LogP contribution is 2.31. The third-order valence-corrected chi connectivity index (χ3v) is 4.39. The van der Waals surface area contributed by atoms with E-state index in [1.807, 2.05) is 27.7 Å². The van der Waals surface area contributed by atoms with Gasteiger partial charge in [-0.15, -0.1) is 0 Å². The zero-order chi connectivity index (χ0) is 21.1. The summed E-state index contributed by atoms with van der Waals surface area (Å²) in [4.78, 5) is 24.3. The lowest BCUT2D eigenvalue weighted by Gasteiger charge is -2.22. The normalized spacial score (nSPS) is 12.4. The van der Waals surface area contributed by atoms with Crippen molar-refractivity contribution in [2.24, 2.45) is 0 Å². The molecule has 0 aliphatic rings. The standard InChI is InChI=1S/C20H27N3O5/c1-12-15(11-21-23(12)20(2,3)4)19(26)22-16(10-18(24)25)14-8-7-13(27-5)9-17(14)28-6/h7-9,11,16H,10H2,1-6H3,(H,22,26)(H,24,25). The van der Waals surface area contributed by atoms with E-state index >= 15 is 0 Å². The second-order valence-corrected chi connectivity index (χ2v) is 7.46. The Morgan fingerprint density at radius 3 is 2.43 bits per heavy atom. The molecule has 1 aromatic heterocycles. The van der Waals surface area contributed by atoms with Crippen molar-refractivity contribution in [1.82, 2.24) is 15.1 Å². The first-order valence-corrected chi connectivity index (χ1v) is 8.88. The SMILES string of the molecule is COc1ccc(C(CC(=O)O)NC(=O)c2cnn(C(C)(C)C)c2C)c(OC)c1. The lowest BCUT2D eigenvalue weighted by Crippen LogP contribution is -2.31. The van der Waals surface area contributed by atoms with Crippen LogP contribution in [0.25, 0.3) is 0 Å². The summed E-state index contributed by atoms with van der Waals surface area (Å²) in [5, 5.41) is 16.4. The van der Waals surface area contributed by atoms with Gasteiger partial charge in [0.1, 0.15) is 11.5 Å². The number of rotatable bonds is 7. The summed E-state index contributed by atoms with van der Waals surface area (Å²) in [6, 6.07) is 4.26. The minimum atomic E-state index is -1.04. The van der Waals surface area contributed by atoms with Gasteiger partial charge in [-0.3, -0.25) is 14.3 Å². The molecule has 1 unspecified atom stereocenters. The highest BCUT2D eigenvalue weighted by molar-refractivity contribution is 5.95. The van der Waals surface area contributed by atoms with E-state index in [9.17, 15) is 14.7 Å². The number of methoxy groups -OCH3 is 2. The first-order valence-electron chi connectivity index (χ1n) is 8.88. The number of carbonyl (C=O) groups is 2. The monoisotopic (exact) mass is 389 g/mol. The van der Waals surface area contributed by atoms with Crippen LogP contribution in [0.15, 0.2) is 24.4 Å². The summed E-state index contributed by atoms with van der Waals surface area (Å²) in [6.45, 7) is 7.78. The van der Waals surface area contributed by atoms with Gasteiger partial charge in [0.15, 0.2) is 0 Å². The van der Waals surface area contributed by atoms with Gasteiger partial charge in [-0.25, -0.2) is 0 Å². The van der Waals surface area contributed by atoms with Crippen molar-refractivity contribution in [3.05, 3.63) is 41.2 Å². The maximum atomic E-state index is 12.9. The second kappa shape index (κ2) is 8.33. The van der Waals surface area contributed by atoms with Crippen LogP contribution in [-0.4, -0.2) is 41.0 Å². The smallest absolute Gasteiger partial charge is 0.305 e. The number of aliphatic carboxylic acids is 1. The minimum absolute atomic E-state index is 0.276. The Balaban J connectivity index is 2.37. The third kappa shape index (κ3) is 4.62. The Morgan fingerprint density at radius 2 is 1.93 bits per heavy atom. The average molecular weight is 389 g/mol. The fraction of sp³-hybridized carbons (Fsp3) is 0.450. The quantitative estimate of drug-likeness (QED) is 0.755. The molecule has 8 heteroatoms. The van der Waals surface area contributed by atoms with Gasteiger partial charge >= 0.3 is 5.97 Å². The predicted molar refractivity (Wildman–Crippen MR) is 104 cm³/mol. The first-order chi connectivity index (χ1) is 13.1. The molecule has 28 heavy (non-hydrogen) atoms.